The lowest BCUT2D eigenvalue weighted by molar-refractivity contribution is -0.121. The van der Waals surface area contributed by atoms with Crippen LogP contribution in [0.1, 0.15) is 26.4 Å². The summed E-state index contributed by atoms with van der Waals surface area (Å²) in [5, 5.41) is 4.39. The number of rotatable bonds is 4. The third kappa shape index (κ3) is 3.24. The number of fused-ring (bicyclic) bond motifs is 1. The van der Waals surface area contributed by atoms with Crippen molar-refractivity contribution in [3.63, 3.8) is 0 Å². The molecule has 2 aliphatic rings. The average molecular weight is 406 g/mol. The summed E-state index contributed by atoms with van der Waals surface area (Å²) in [5.74, 6) is -1.21. The second-order valence-corrected chi connectivity index (χ2v) is 6.79. The molecule has 0 fully saturated rings. The highest BCUT2D eigenvalue weighted by atomic mass is 16.2. The van der Waals surface area contributed by atoms with Crippen LogP contribution in [0.5, 0.6) is 0 Å². The molecule has 4 heterocycles. The highest BCUT2D eigenvalue weighted by molar-refractivity contribution is 6.20. The van der Waals surface area contributed by atoms with Crippen LogP contribution >= 0.6 is 0 Å². The number of hydrogen-bond donors (Lipinski definition) is 2. The molecule has 0 aliphatic carbocycles. The molecular formula is C20H18N6O4. The Hall–Kier alpha value is -4.21. The van der Waals surface area contributed by atoms with E-state index in [1.165, 1.54) is 23.9 Å². The minimum atomic E-state index is -0.665. The normalized spacial score (nSPS) is 15.4. The van der Waals surface area contributed by atoms with Crippen LogP contribution < -0.4 is 16.2 Å². The molecule has 0 aromatic carbocycles. The molecule has 30 heavy (non-hydrogen) atoms. The number of hydrazine groups is 1. The summed E-state index contributed by atoms with van der Waals surface area (Å²) in [7, 11) is 3.04. The van der Waals surface area contributed by atoms with Crippen molar-refractivity contribution in [2.45, 2.75) is 6.54 Å². The summed E-state index contributed by atoms with van der Waals surface area (Å²) in [6, 6.07) is 4.90. The van der Waals surface area contributed by atoms with Crippen molar-refractivity contribution in [1.29, 1.82) is 0 Å². The van der Waals surface area contributed by atoms with Crippen molar-refractivity contribution < 1.29 is 14.4 Å². The van der Waals surface area contributed by atoms with Gasteiger partial charge in [0.2, 0.25) is 5.91 Å². The lowest BCUT2D eigenvalue weighted by atomic mass is 10.2. The zero-order chi connectivity index (χ0) is 21.4. The molecule has 3 amide bonds. The quantitative estimate of drug-likeness (QED) is 0.682. The van der Waals surface area contributed by atoms with E-state index >= 15 is 0 Å². The number of nitrogens with zero attached hydrogens (tertiary/aromatic N) is 4. The second-order valence-electron chi connectivity index (χ2n) is 6.79. The molecular weight excluding hydrogens is 388 g/mol. The molecule has 0 saturated heterocycles. The van der Waals surface area contributed by atoms with E-state index < -0.39 is 23.2 Å². The Morgan fingerprint density at radius 2 is 1.93 bits per heavy atom. The van der Waals surface area contributed by atoms with Crippen LogP contribution in [-0.2, 0) is 11.3 Å². The van der Waals surface area contributed by atoms with Gasteiger partial charge in [-0.3, -0.25) is 39.5 Å². The van der Waals surface area contributed by atoms with Crippen molar-refractivity contribution in [2.24, 2.45) is 0 Å². The fourth-order valence-electron chi connectivity index (χ4n) is 3.26. The Morgan fingerprint density at radius 3 is 2.63 bits per heavy atom. The molecule has 10 nitrogen and oxygen atoms in total. The van der Waals surface area contributed by atoms with Gasteiger partial charge in [-0.2, -0.15) is 0 Å². The molecule has 0 unspecified atom stereocenters. The van der Waals surface area contributed by atoms with Crippen LogP contribution in [0.2, 0.25) is 0 Å². The largest absolute Gasteiger partial charge is 0.333 e. The smallest absolute Gasteiger partial charge is 0.278 e. The molecule has 0 radical (unpaired) electrons. The summed E-state index contributed by atoms with van der Waals surface area (Å²) in [6.45, 7) is -0.236. The number of pyridine rings is 2. The van der Waals surface area contributed by atoms with Crippen molar-refractivity contribution in [2.75, 3.05) is 14.1 Å². The molecule has 2 N–H and O–H groups in total. The lowest BCUT2D eigenvalue weighted by Crippen LogP contribution is -2.43. The van der Waals surface area contributed by atoms with Gasteiger partial charge in [0.25, 0.3) is 11.8 Å². The molecule has 4 rings (SSSR count). The molecule has 152 valence electrons. The van der Waals surface area contributed by atoms with Gasteiger partial charge < -0.3 is 9.88 Å². The highest BCUT2D eigenvalue weighted by Crippen LogP contribution is 2.19. The van der Waals surface area contributed by atoms with E-state index in [0.29, 0.717) is 5.82 Å². The predicted molar refractivity (Wildman–Crippen MR) is 106 cm³/mol. The van der Waals surface area contributed by atoms with E-state index in [0.717, 1.165) is 16.2 Å². The molecule has 0 atom stereocenters. The van der Waals surface area contributed by atoms with E-state index in [4.69, 9.17) is 0 Å². The second kappa shape index (κ2) is 7.32. The van der Waals surface area contributed by atoms with Gasteiger partial charge in [-0.15, -0.1) is 0 Å². The molecule has 0 spiro atoms. The predicted octanol–water partition coefficient (Wildman–Crippen LogP) is -0.0822. The maximum absolute atomic E-state index is 12.6. The fourth-order valence-corrected chi connectivity index (χ4v) is 3.26. The van der Waals surface area contributed by atoms with E-state index in [9.17, 15) is 19.2 Å². The number of carbonyl (C=O) groups excluding carboxylic acids is 3. The van der Waals surface area contributed by atoms with Crippen LogP contribution in [0.4, 0.5) is 0 Å². The summed E-state index contributed by atoms with van der Waals surface area (Å²) in [6.07, 6.45) is 8.27. The van der Waals surface area contributed by atoms with Crippen molar-refractivity contribution in [1.82, 2.24) is 30.2 Å². The lowest BCUT2D eigenvalue weighted by Gasteiger charge is -2.29. The van der Waals surface area contributed by atoms with Gasteiger partial charge >= 0.3 is 0 Å². The average Bonchev–Trinajstić information content (AvgIpc) is 2.97. The summed E-state index contributed by atoms with van der Waals surface area (Å²) >= 11 is 0. The minimum Gasteiger partial charge on any atom is -0.333 e. The Morgan fingerprint density at radius 1 is 1.13 bits per heavy atom. The minimum absolute atomic E-state index is 0.0759. The number of amides is 3. The van der Waals surface area contributed by atoms with Gasteiger partial charge in [-0.25, -0.2) is 0 Å². The van der Waals surface area contributed by atoms with E-state index in [1.54, 1.807) is 36.6 Å². The monoisotopic (exact) mass is 406 g/mol. The van der Waals surface area contributed by atoms with Crippen molar-refractivity contribution in [3.05, 3.63) is 81.8 Å². The number of allylic oxidation sites excluding steroid dienone is 2. The van der Waals surface area contributed by atoms with Crippen LogP contribution in [0.25, 0.3) is 5.70 Å². The third-order valence-corrected chi connectivity index (χ3v) is 4.81. The maximum atomic E-state index is 12.6. The Kier molecular flexibility index (Phi) is 4.66. The van der Waals surface area contributed by atoms with Crippen LogP contribution in [0.15, 0.2) is 59.6 Å². The first-order chi connectivity index (χ1) is 14.4. The van der Waals surface area contributed by atoms with E-state index in [2.05, 4.69) is 15.7 Å². The molecule has 0 bridgehead atoms. The summed E-state index contributed by atoms with van der Waals surface area (Å²) in [5.41, 5.74) is 4.01. The number of aromatic nitrogens is 2. The van der Waals surface area contributed by atoms with E-state index in [1.807, 2.05) is 12.1 Å². The van der Waals surface area contributed by atoms with Gasteiger partial charge in [0.1, 0.15) is 23.6 Å². The van der Waals surface area contributed by atoms with Gasteiger partial charge in [0, 0.05) is 44.3 Å². The number of imide groups is 1. The van der Waals surface area contributed by atoms with Crippen LogP contribution in [-0.4, -0.2) is 51.3 Å². The molecule has 2 aliphatic heterocycles. The Balaban J connectivity index is 1.54. The third-order valence-electron chi connectivity index (χ3n) is 4.81. The first kappa shape index (κ1) is 19.1. The van der Waals surface area contributed by atoms with Gasteiger partial charge in [0.05, 0.1) is 5.70 Å². The zero-order valence-electron chi connectivity index (χ0n) is 16.2. The first-order valence-corrected chi connectivity index (χ1v) is 9.05. The van der Waals surface area contributed by atoms with Gasteiger partial charge in [-0.1, -0.05) is 0 Å². The molecule has 2 aromatic heterocycles. The van der Waals surface area contributed by atoms with Crippen LogP contribution in [0, 0.1) is 0 Å². The Labute approximate surface area is 171 Å². The zero-order valence-corrected chi connectivity index (χ0v) is 16.2. The number of carbonyl (C=O) groups is 3. The summed E-state index contributed by atoms with van der Waals surface area (Å²) in [4.78, 5) is 54.0. The molecule has 0 saturated carbocycles. The topological polar surface area (TPSA) is 117 Å². The first-order valence-electron chi connectivity index (χ1n) is 9.05. The molecule has 2 aromatic rings. The maximum Gasteiger partial charge on any atom is 0.278 e. The van der Waals surface area contributed by atoms with Gasteiger partial charge in [-0.05, 0) is 24.3 Å². The van der Waals surface area contributed by atoms with Gasteiger partial charge in [0.15, 0.2) is 5.43 Å². The van der Waals surface area contributed by atoms with Crippen LogP contribution in [0.3, 0.4) is 0 Å². The van der Waals surface area contributed by atoms with Crippen molar-refractivity contribution >= 4 is 23.4 Å². The standard InChI is InChI=1S/C20H18N6O4/c1-24-19(29)17-14(27)7-9-26(18(17)20(24)30)11-16(28)22-15-6-5-13(23-25(15)2)12-4-3-8-21-10-12/h3-10,23H,11H2,1-2H3,(H,22,28). The number of hydrogen-bond acceptors (Lipinski definition) is 7. The SMILES string of the molecule is CN1NC(c2cccnc2)=CC=C1NC(=O)Cn1ccc(=O)c2c1C(=O)N(C)C2=O. The van der Waals surface area contributed by atoms with Crippen molar-refractivity contribution in [3.8, 4) is 0 Å². The Bertz CT molecular complexity index is 1180. The molecule has 10 heteroatoms. The summed E-state index contributed by atoms with van der Waals surface area (Å²) < 4.78 is 1.31. The fraction of sp³-hybridized carbons (Fsp3) is 0.150. The van der Waals surface area contributed by atoms with E-state index in [-0.39, 0.29) is 17.8 Å². The number of nitrogens with one attached hydrogen (secondary N) is 2. The highest BCUT2D eigenvalue weighted by Gasteiger charge is 2.37.